The maximum atomic E-state index is 5.77. The zero-order chi connectivity index (χ0) is 13.6. The van der Waals surface area contributed by atoms with Gasteiger partial charge in [-0.05, 0) is 19.9 Å². The number of aryl methyl sites for hydroxylation is 3. The molecule has 5 heteroatoms. The lowest BCUT2D eigenvalue weighted by atomic mass is 10.1. The highest BCUT2D eigenvalue weighted by Gasteiger charge is 2.16. The van der Waals surface area contributed by atoms with E-state index in [1.165, 1.54) is 5.56 Å². The molecule has 0 fully saturated rings. The van der Waals surface area contributed by atoms with Crippen molar-refractivity contribution in [3.05, 3.63) is 41.2 Å². The van der Waals surface area contributed by atoms with Crippen LogP contribution in [0.2, 0.25) is 0 Å². The standard InChI is InChI=1S/C14H17N5/c1-9-5-4-6-11(7-9)13-17-19-12(8-15)10(2)16-14(19)18(13)3/h4-7H,8,15H2,1-3H3. The van der Waals surface area contributed by atoms with E-state index in [1.54, 1.807) is 0 Å². The molecule has 0 aliphatic heterocycles. The number of fused-ring (bicyclic) bond motifs is 1. The van der Waals surface area contributed by atoms with E-state index in [2.05, 4.69) is 35.2 Å². The van der Waals surface area contributed by atoms with Crippen LogP contribution in [0.5, 0.6) is 0 Å². The van der Waals surface area contributed by atoms with E-state index < -0.39 is 0 Å². The lowest BCUT2D eigenvalue weighted by molar-refractivity contribution is 0.859. The molecule has 0 aliphatic rings. The van der Waals surface area contributed by atoms with Crippen LogP contribution < -0.4 is 5.73 Å². The van der Waals surface area contributed by atoms with Crippen LogP contribution in [0.25, 0.3) is 17.2 Å². The van der Waals surface area contributed by atoms with E-state index in [9.17, 15) is 0 Å². The molecule has 0 saturated carbocycles. The van der Waals surface area contributed by atoms with Crippen LogP contribution >= 0.6 is 0 Å². The van der Waals surface area contributed by atoms with Gasteiger partial charge in [0.1, 0.15) is 0 Å². The van der Waals surface area contributed by atoms with E-state index >= 15 is 0 Å². The SMILES string of the molecule is Cc1cccc(-c2nn3c(CN)c(C)nc3n2C)c1. The number of hydrogen-bond acceptors (Lipinski definition) is 3. The topological polar surface area (TPSA) is 61.1 Å². The second-order valence-electron chi connectivity index (χ2n) is 4.81. The summed E-state index contributed by atoms with van der Waals surface area (Å²) in [5.74, 6) is 1.73. The van der Waals surface area contributed by atoms with Gasteiger partial charge >= 0.3 is 0 Å². The summed E-state index contributed by atoms with van der Waals surface area (Å²) in [5, 5.41) is 4.65. The number of rotatable bonds is 2. The average Bonchev–Trinajstić information content (AvgIpc) is 2.86. The summed E-state index contributed by atoms with van der Waals surface area (Å²) in [4.78, 5) is 4.54. The van der Waals surface area contributed by atoms with E-state index in [4.69, 9.17) is 5.73 Å². The quantitative estimate of drug-likeness (QED) is 0.759. The molecule has 0 spiro atoms. The zero-order valence-electron chi connectivity index (χ0n) is 11.4. The van der Waals surface area contributed by atoms with E-state index in [0.29, 0.717) is 6.54 Å². The second-order valence-corrected chi connectivity index (χ2v) is 4.81. The van der Waals surface area contributed by atoms with Crippen molar-refractivity contribution in [2.24, 2.45) is 12.8 Å². The summed E-state index contributed by atoms with van der Waals surface area (Å²) < 4.78 is 3.84. The van der Waals surface area contributed by atoms with Crippen LogP contribution in [0.15, 0.2) is 24.3 Å². The molecule has 3 rings (SSSR count). The predicted molar refractivity (Wildman–Crippen MR) is 74.8 cm³/mol. The van der Waals surface area contributed by atoms with Crippen LogP contribution in [-0.4, -0.2) is 19.2 Å². The van der Waals surface area contributed by atoms with Gasteiger partial charge in [0.05, 0.1) is 11.4 Å². The number of aromatic nitrogens is 4. The van der Waals surface area contributed by atoms with Crippen molar-refractivity contribution in [2.45, 2.75) is 20.4 Å². The molecule has 0 radical (unpaired) electrons. The fraction of sp³-hybridized carbons (Fsp3) is 0.286. The van der Waals surface area contributed by atoms with Crippen molar-refractivity contribution < 1.29 is 0 Å². The average molecular weight is 255 g/mol. The Bertz CT molecular complexity index is 751. The van der Waals surface area contributed by atoms with E-state index in [1.807, 2.05) is 29.1 Å². The molecule has 0 bridgehead atoms. The van der Waals surface area contributed by atoms with E-state index in [-0.39, 0.29) is 0 Å². The van der Waals surface area contributed by atoms with Gasteiger partial charge < -0.3 is 5.73 Å². The molecular formula is C14H17N5. The molecule has 0 aliphatic carbocycles. The number of hydrogen-bond donors (Lipinski definition) is 1. The molecule has 0 saturated heterocycles. The van der Waals surface area contributed by atoms with Crippen molar-refractivity contribution in [2.75, 3.05) is 0 Å². The van der Waals surface area contributed by atoms with Crippen LogP contribution in [0.4, 0.5) is 0 Å². The summed E-state index contributed by atoms with van der Waals surface area (Å²) in [7, 11) is 1.98. The lowest BCUT2D eigenvalue weighted by Gasteiger charge is -2.01. The van der Waals surface area contributed by atoms with Gasteiger partial charge in [-0.15, -0.1) is 5.10 Å². The monoisotopic (exact) mass is 255 g/mol. The third-order valence-corrected chi connectivity index (χ3v) is 3.41. The van der Waals surface area contributed by atoms with Crippen molar-refractivity contribution >= 4 is 5.78 Å². The van der Waals surface area contributed by atoms with Crippen LogP contribution in [0, 0.1) is 13.8 Å². The molecule has 19 heavy (non-hydrogen) atoms. The summed E-state index contributed by atoms with van der Waals surface area (Å²) in [6.45, 7) is 4.48. The smallest absolute Gasteiger partial charge is 0.232 e. The van der Waals surface area contributed by atoms with Crippen molar-refractivity contribution in [3.63, 3.8) is 0 Å². The minimum atomic E-state index is 0.442. The van der Waals surface area contributed by atoms with E-state index in [0.717, 1.165) is 28.6 Å². The van der Waals surface area contributed by atoms with Crippen molar-refractivity contribution in [3.8, 4) is 11.4 Å². The Kier molecular flexibility index (Phi) is 2.64. The Morgan fingerprint density at radius 2 is 2.05 bits per heavy atom. The van der Waals surface area contributed by atoms with Gasteiger partial charge in [0.2, 0.25) is 5.78 Å². The fourth-order valence-corrected chi connectivity index (χ4v) is 2.38. The summed E-state index contributed by atoms with van der Waals surface area (Å²) in [6, 6.07) is 8.30. The molecular weight excluding hydrogens is 238 g/mol. The normalized spacial score (nSPS) is 11.4. The van der Waals surface area contributed by atoms with Crippen molar-refractivity contribution in [1.82, 2.24) is 19.2 Å². The molecule has 1 aromatic carbocycles. The van der Waals surface area contributed by atoms with Gasteiger partial charge in [-0.2, -0.15) is 4.52 Å². The Morgan fingerprint density at radius 3 is 2.74 bits per heavy atom. The minimum absolute atomic E-state index is 0.442. The Morgan fingerprint density at radius 1 is 1.26 bits per heavy atom. The maximum absolute atomic E-state index is 5.77. The van der Waals surface area contributed by atoms with Gasteiger partial charge in [-0.3, -0.25) is 4.57 Å². The molecule has 3 aromatic rings. The van der Waals surface area contributed by atoms with Gasteiger partial charge in [0, 0.05) is 19.2 Å². The summed E-state index contributed by atoms with van der Waals surface area (Å²) >= 11 is 0. The number of imidazole rings is 1. The zero-order valence-corrected chi connectivity index (χ0v) is 11.4. The van der Waals surface area contributed by atoms with Gasteiger partial charge in [0.15, 0.2) is 5.82 Å². The third-order valence-electron chi connectivity index (χ3n) is 3.41. The Labute approximate surface area is 111 Å². The van der Waals surface area contributed by atoms with Gasteiger partial charge in [-0.25, -0.2) is 4.98 Å². The highest BCUT2D eigenvalue weighted by molar-refractivity contribution is 5.59. The Balaban J connectivity index is 2.26. The van der Waals surface area contributed by atoms with Crippen LogP contribution in [0.3, 0.4) is 0 Å². The molecule has 2 aromatic heterocycles. The summed E-state index contributed by atoms with van der Waals surface area (Å²) in [5.41, 5.74) is 9.98. The fourth-order valence-electron chi connectivity index (χ4n) is 2.38. The number of benzene rings is 1. The first-order valence-corrected chi connectivity index (χ1v) is 6.30. The first kappa shape index (κ1) is 11.9. The van der Waals surface area contributed by atoms with Gasteiger partial charge in [-0.1, -0.05) is 23.8 Å². The first-order chi connectivity index (χ1) is 9.11. The predicted octanol–water partition coefficient (Wildman–Crippen LogP) is 1.81. The first-order valence-electron chi connectivity index (χ1n) is 6.30. The van der Waals surface area contributed by atoms with Crippen molar-refractivity contribution in [1.29, 1.82) is 0 Å². The highest BCUT2D eigenvalue weighted by atomic mass is 15.4. The molecule has 2 N–H and O–H groups in total. The molecule has 0 unspecified atom stereocenters. The number of nitrogens with two attached hydrogens (primary N) is 1. The molecule has 0 amide bonds. The molecule has 98 valence electrons. The van der Waals surface area contributed by atoms with Gasteiger partial charge in [0.25, 0.3) is 0 Å². The second kappa shape index (κ2) is 4.20. The largest absolute Gasteiger partial charge is 0.325 e. The number of nitrogens with zero attached hydrogens (tertiary/aromatic N) is 4. The molecule has 5 nitrogen and oxygen atoms in total. The minimum Gasteiger partial charge on any atom is -0.325 e. The third kappa shape index (κ3) is 1.74. The summed E-state index contributed by atoms with van der Waals surface area (Å²) in [6.07, 6.45) is 0. The molecule has 2 heterocycles. The Hall–Kier alpha value is -2.14. The van der Waals surface area contributed by atoms with Crippen LogP contribution in [0.1, 0.15) is 17.0 Å². The van der Waals surface area contributed by atoms with Crippen LogP contribution in [-0.2, 0) is 13.6 Å². The lowest BCUT2D eigenvalue weighted by Crippen LogP contribution is -2.03. The molecule has 0 atom stereocenters. The maximum Gasteiger partial charge on any atom is 0.232 e. The highest BCUT2D eigenvalue weighted by Crippen LogP contribution is 2.21.